The van der Waals surface area contributed by atoms with Gasteiger partial charge in [0, 0.05) is 0 Å². The average Bonchev–Trinajstić information content (AvgIpc) is 3.71. The summed E-state index contributed by atoms with van der Waals surface area (Å²) in [5.41, 5.74) is -2.26. The van der Waals surface area contributed by atoms with Crippen molar-refractivity contribution in [2.75, 3.05) is 20.3 Å². The fourth-order valence-electron chi connectivity index (χ4n) is 10.1. The van der Waals surface area contributed by atoms with Crippen LogP contribution in [0.4, 0.5) is 0 Å². The quantitative estimate of drug-likeness (QED) is 0.0392. The Kier molecular flexibility index (Phi) is 17.2. The van der Waals surface area contributed by atoms with Gasteiger partial charge in [0.1, 0.15) is 0 Å². The van der Waals surface area contributed by atoms with E-state index in [2.05, 4.69) is 15.1 Å². The van der Waals surface area contributed by atoms with Crippen molar-refractivity contribution in [1.29, 1.82) is 0 Å². The Labute approximate surface area is 476 Å². The van der Waals surface area contributed by atoms with Crippen LogP contribution in [0.3, 0.4) is 0 Å². The number of nitrogens with zero attached hydrogens (tertiary/aromatic N) is 4. The molecule has 19 nitrogen and oxygen atoms in total. The molecule has 21 heteroatoms. The van der Waals surface area contributed by atoms with E-state index in [9.17, 15) is 38.5 Å². The zero-order valence-corrected chi connectivity index (χ0v) is 47.1. The van der Waals surface area contributed by atoms with Crippen LogP contribution in [-0.2, 0) is 33.6 Å². The van der Waals surface area contributed by atoms with Crippen molar-refractivity contribution in [2.45, 2.75) is 69.2 Å². The van der Waals surface area contributed by atoms with Gasteiger partial charge in [-0.15, -0.1) is 0 Å². The van der Waals surface area contributed by atoms with E-state index in [0.717, 1.165) is 20.3 Å². The molecule has 10 rings (SSSR count). The van der Waals surface area contributed by atoms with Crippen LogP contribution in [0.15, 0.2) is 207 Å². The van der Waals surface area contributed by atoms with E-state index in [1.165, 1.54) is 50.5 Å². The third kappa shape index (κ3) is 11.9. The summed E-state index contributed by atoms with van der Waals surface area (Å²) in [4.78, 5) is 109. The van der Waals surface area contributed by atoms with Crippen molar-refractivity contribution in [3.05, 3.63) is 275 Å². The molecule has 4 heterocycles. The van der Waals surface area contributed by atoms with Gasteiger partial charge in [-0.2, -0.15) is 0 Å². The normalized spacial score (nSPS) is 19.5. The van der Waals surface area contributed by atoms with E-state index in [0.29, 0.717) is 20.4 Å². The molecule has 82 heavy (non-hydrogen) atoms. The summed E-state index contributed by atoms with van der Waals surface area (Å²) in [6.07, 6.45) is -8.99. The number of ether oxygens (including phenoxy) is 5. The Morgan fingerprint density at radius 3 is 1.43 bits per heavy atom. The number of hydrogen-bond donors (Lipinski definition) is 1. The fourth-order valence-corrected chi connectivity index (χ4v) is 12.2. The molecule has 0 spiro atoms. The molecule has 0 bridgehead atoms. The van der Waals surface area contributed by atoms with Gasteiger partial charge < -0.3 is 0 Å². The molecule has 2 fully saturated rings. The summed E-state index contributed by atoms with van der Waals surface area (Å²) in [6, 6.07) is 50.3. The maximum atomic E-state index is 14.5. The topological polar surface area (TPSA) is 224 Å². The molecule has 7 atom stereocenters. The SMILES string of the molecule is COc1ccc(C(OC[C@H]2O[C@@H](n3cc(C)c(=O)n(C(=O)c4ccccc4)c3=O)C[C@@H]2OP(O)(=[Se])OC[C@H]2O[C@@H](n3cc(C)c(=O)n(C(=O)c4ccccc4)c3=O)C[C@@H]2OC(=O)c2ccccc2)(c2ccccc2)c2ccccc2)cc1. The Bertz CT molecular complexity index is 3880. The first-order valence-corrected chi connectivity index (χ1v) is 29.9. The Morgan fingerprint density at radius 1 is 0.573 bits per heavy atom. The molecule has 2 aliphatic rings. The van der Waals surface area contributed by atoms with Gasteiger partial charge in [-0.3, -0.25) is 0 Å². The number of benzene rings is 6. The summed E-state index contributed by atoms with van der Waals surface area (Å²) in [7, 11) is 1.57. The maximum absolute atomic E-state index is 14.5. The molecular formula is C61H55N4O15PSe. The van der Waals surface area contributed by atoms with Gasteiger partial charge in [0.05, 0.1) is 7.11 Å². The molecule has 1 N–H and O–H groups in total. The van der Waals surface area contributed by atoms with Crippen LogP contribution in [0, 0.1) is 13.8 Å². The molecule has 1 unspecified atom stereocenters. The molecule has 420 valence electrons. The standard InChI is InChI=1S/C61H55N4O15PSe/c1-39-35-62(59(71)64(54(39)66)56(68)41-19-9-4-10-20-41)52-33-48(79-58(70)43-23-13-6-14-24-43)51(78-52)38-76-81(73,82)80-49-34-53(63-36-40(2)55(67)65(60(63)72)57(69)42-21-11-5-12-22-42)77-50(49)37-75-61(44-25-15-7-16-26-44,45-27-17-8-18-28-45)46-29-31-47(74-3)32-30-46/h4-32,35-36,48-53H,33-34,37-38H2,1-3H3,(H,73,82)/t48-,49-,50+,51+,52+,53+,81?/m0/s1. The van der Waals surface area contributed by atoms with Crippen LogP contribution in [0.25, 0.3) is 0 Å². The van der Waals surface area contributed by atoms with Crippen molar-refractivity contribution in [1.82, 2.24) is 18.3 Å². The predicted molar refractivity (Wildman–Crippen MR) is 302 cm³/mol. The number of carbonyl (C=O) groups excluding carboxylic acids is 3. The van der Waals surface area contributed by atoms with E-state index in [1.807, 2.05) is 84.9 Å². The van der Waals surface area contributed by atoms with Gasteiger partial charge >= 0.3 is 448 Å². The number of carbonyl (C=O) groups is 3. The zero-order chi connectivity index (χ0) is 57.7. The van der Waals surface area contributed by atoms with E-state index < -0.39 is 95.6 Å². The molecule has 0 aliphatic carbocycles. The molecule has 0 saturated carbocycles. The van der Waals surface area contributed by atoms with Gasteiger partial charge in [0.25, 0.3) is 0 Å². The number of rotatable bonds is 18. The summed E-state index contributed by atoms with van der Waals surface area (Å²) in [5, 5.41) is 0. The van der Waals surface area contributed by atoms with Crippen molar-refractivity contribution in [3.63, 3.8) is 0 Å². The van der Waals surface area contributed by atoms with Gasteiger partial charge in [-0.1, -0.05) is 24.3 Å². The van der Waals surface area contributed by atoms with Gasteiger partial charge in [0.15, 0.2) is 0 Å². The number of aryl methyl sites for hydroxylation is 2. The molecule has 8 aromatic rings. The second-order valence-corrected chi connectivity index (χ2v) is 23.8. The van der Waals surface area contributed by atoms with Crippen LogP contribution >= 0.6 is 6.19 Å². The van der Waals surface area contributed by atoms with Gasteiger partial charge in [0.2, 0.25) is 0 Å². The Hall–Kier alpha value is -8.00. The third-order valence-corrected chi connectivity index (χ3v) is 16.5. The number of aromatic nitrogens is 4. The first-order chi connectivity index (χ1) is 39.6. The fraction of sp³-hybridized carbons (Fsp3) is 0.230. The third-order valence-electron chi connectivity index (χ3n) is 14.3. The van der Waals surface area contributed by atoms with Crippen molar-refractivity contribution in [3.8, 4) is 5.75 Å². The van der Waals surface area contributed by atoms with Crippen molar-refractivity contribution in [2.24, 2.45) is 0 Å². The number of esters is 1. The average molecular weight is 1190 g/mol. The molecule has 2 aromatic heterocycles. The molecule has 6 aromatic carbocycles. The first kappa shape index (κ1) is 57.2. The molecular weight excluding hydrogens is 1140 g/mol. The molecule has 2 aliphatic heterocycles. The van der Waals surface area contributed by atoms with Crippen LogP contribution in [0.1, 0.15) is 84.2 Å². The van der Waals surface area contributed by atoms with E-state index in [-0.39, 0.29) is 47.3 Å². The monoisotopic (exact) mass is 1190 g/mol. The van der Waals surface area contributed by atoms with Crippen molar-refractivity contribution >= 4 is 39.1 Å². The summed E-state index contributed by atoms with van der Waals surface area (Å²) in [6.45, 7) is 2.14. The minimum atomic E-state index is -4.18. The number of methoxy groups -OCH3 is 1. The molecule has 0 radical (unpaired) electrons. The predicted octanol–water partition coefficient (Wildman–Crippen LogP) is 7.09. The summed E-state index contributed by atoms with van der Waals surface area (Å²) >= 11 is 2.65. The first-order valence-electron chi connectivity index (χ1n) is 26.1. The summed E-state index contributed by atoms with van der Waals surface area (Å²) in [5.74, 6) is -1.83. The Morgan fingerprint density at radius 2 is 0.976 bits per heavy atom. The molecule has 2 saturated heterocycles. The van der Waals surface area contributed by atoms with Crippen LogP contribution in [0.5, 0.6) is 5.75 Å². The van der Waals surface area contributed by atoms with E-state index >= 15 is 0 Å². The second kappa shape index (κ2) is 24.6. The minimum absolute atomic E-state index is 0.0466. The van der Waals surface area contributed by atoms with Gasteiger partial charge in [-0.25, -0.2) is 0 Å². The van der Waals surface area contributed by atoms with Crippen LogP contribution in [0.2, 0.25) is 0 Å². The van der Waals surface area contributed by atoms with Crippen LogP contribution in [-0.4, -0.2) is 101 Å². The van der Waals surface area contributed by atoms with Gasteiger partial charge in [-0.05, 0) is 0 Å². The molecule has 0 amide bonds. The van der Waals surface area contributed by atoms with E-state index in [4.69, 9.17) is 32.7 Å². The number of hydrogen-bond acceptors (Lipinski definition) is 15. The van der Waals surface area contributed by atoms with E-state index in [1.54, 1.807) is 73.8 Å². The van der Waals surface area contributed by atoms with Crippen molar-refractivity contribution < 1.29 is 52.0 Å². The van der Waals surface area contributed by atoms with Crippen LogP contribution < -0.4 is 27.2 Å². The Balaban J connectivity index is 0.986. The second-order valence-electron chi connectivity index (χ2n) is 19.5. The zero-order valence-electron chi connectivity index (χ0n) is 44.5. The summed E-state index contributed by atoms with van der Waals surface area (Å²) < 4.78 is 47.9.